The molecule has 0 saturated carbocycles. The van der Waals surface area contributed by atoms with Crippen LogP contribution in [-0.4, -0.2) is 10.8 Å². The van der Waals surface area contributed by atoms with Gasteiger partial charge in [-0.1, -0.05) is 25.5 Å². The Morgan fingerprint density at radius 2 is 1.73 bits per heavy atom. The third-order valence-corrected chi connectivity index (χ3v) is 3.37. The fraction of sp³-hybridized carbons (Fsp3) is 0.235. The Kier molecular flexibility index (Phi) is 5.25. The van der Waals surface area contributed by atoms with Crippen molar-refractivity contribution in [3.63, 3.8) is 0 Å². The fourth-order valence-electron chi connectivity index (χ4n) is 2.07. The first kappa shape index (κ1) is 15.7. The van der Waals surface area contributed by atoms with Crippen LogP contribution in [-0.2, 0) is 6.42 Å². The lowest BCUT2D eigenvalue weighted by atomic mass is 10.1. The van der Waals surface area contributed by atoms with Crippen molar-refractivity contribution < 1.29 is 9.72 Å². The quantitative estimate of drug-likeness (QED) is 0.642. The van der Waals surface area contributed by atoms with Crippen molar-refractivity contribution in [3.05, 3.63) is 69.8 Å². The summed E-state index contributed by atoms with van der Waals surface area (Å²) in [6.07, 6.45) is 3.33. The fourth-order valence-corrected chi connectivity index (χ4v) is 2.07. The SMILES string of the molecule is CCCCc1ccc(NC(=O)c2ccc([N+](=O)[O-])cc2)cc1. The number of anilines is 1. The van der Waals surface area contributed by atoms with Gasteiger partial charge in [-0.25, -0.2) is 0 Å². The Balaban J connectivity index is 2.00. The number of benzene rings is 2. The Bertz CT molecular complexity index is 649. The van der Waals surface area contributed by atoms with Crippen molar-refractivity contribution in [1.29, 1.82) is 0 Å². The van der Waals surface area contributed by atoms with Gasteiger partial charge in [-0.15, -0.1) is 0 Å². The number of hydrogen-bond donors (Lipinski definition) is 1. The molecule has 1 amide bonds. The minimum absolute atomic E-state index is 0.0307. The molecule has 2 aromatic carbocycles. The Morgan fingerprint density at radius 3 is 2.27 bits per heavy atom. The number of amides is 1. The molecule has 0 atom stereocenters. The third-order valence-electron chi connectivity index (χ3n) is 3.37. The summed E-state index contributed by atoms with van der Waals surface area (Å²) in [4.78, 5) is 22.2. The lowest BCUT2D eigenvalue weighted by Gasteiger charge is -2.06. The summed E-state index contributed by atoms with van der Waals surface area (Å²) in [6.45, 7) is 2.15. The summed E-state index contributed by atoms with van der Waals surface area (Å²) in [6, 6.07) is 13.3. The highest BCUT2D eigenvalue weighted by atomic mass is 16.6. The molecule has 0 aliphatic heterocycles. The van der Waals surface area contributed by atoms with Crippen LogP contribution in [0.4, 0.5) is 11.4 Å². The van der Waals surface area contributed by atoms with Crippen LogP contribution in [0.15, 0.2) is 48.5 Å². The van der Waals surface area contributed by atoms with E-state index in [4.69, 9.17) is 0 Å². The monoisotopic (exact) mass is 298 g/mol. The number of nitrogens with zero attached hydrogens (tertiary/aromatic N) is 1. The van der Waals surface area contributed by atoms with Gasteiger partial charge in [0.05, 0.1) is 4.92 Å². The highest BCUT2D eigenvalue weighted by Crippen LogP contribution is 2.15. The Morgan fingerprint density at radius 1 is 1.09 bits per heavy atom. The molecule has 5 nitrogen and oxygen atoms in total. The van der Waals surface area contributed by atoms with Crippen LogP contribution in [0, 0.1) is 10.1 Å². The largest absolute Gasteiger partial charge is 0.322 e. The van der Waals surface area contributed by atoms with Gasteiger partial charge in [0.25, 0.3) is 11.6 Å². The number of unbranched alkanes of at least 4 members (excludes halogenated alkanes) is 1. The molecule has 2 aromatic rings. The number of hydrogen-bond acceptors (Lipinski definition) is 3. The number of aryl methyl sites for hydroxylation is 1. The number of rotatable bonds is 6. The zero-order chi connectivity index (χ0) is 15.9. The first-order chi connectivity index (χ1) is 10.6. The summed E-state index contributed by atoms with van der Waals surface area (Å²) >= 11 is 0. The molecule has 114 valence electrons. The van der Waals surface area contributed by atoms with E-state index >= 15 is 0 Å². The Labute approximate surface area is 129 Å². The maximum absolute atomic E-state index is 12.1. The van der Waals surface area contributed by atoms with Crippen molar-refractivity contribution in [2.45, 2.75) is 26.2 Å². The molecule has 0 saturated heterocycles. The summed E-state index contributed by atoms with van der Waals surface area (Å²) in [5.74, 6) is -0.281. The van der Waals surface area contributed by atoms with E-state index in [9.17, 15) is 14.9 Å². The molecule has 1 N–H and O–H groups in total. The molecule has 0 aliphatic carbocycles. The van der Waals surface area contributed by atoms with Crippen LogP contribution < -0.4 is 5.32 Å². The lowest BCUT2D eigenvalue weighted by molar-refractivity contribution is -0.384. The maximum atomic E-state index is 12.1. The number of carbonyl (C=O) groups is 1. The van der Waals surface area contributed by atoms with E-state index in [1.807, 2.05) is 24.3 Å². The highest BCUT2D eigenvalue weighted by molar-refractivity contribution is 6.04. The molecule has 0 unspecified atom stereocenters. The molecular weight excluding hydrogens is 280 g/mol. The van der Waals surface area contributed by atoms with E-state index in [0.29, 0.717) is 11.3 Å². The third kappa shape index (κ3) is 4.15. The van der Waals surface area contributed by atoms with E-state index in [2.05, 4.69) is 12.2 Å². The highest BCUT2D eigenvalue weighted by Gasteiger charge is 2.09. The van der Waals surface area contributed by atoms with E-state index in [-0.39, 0.29) is 11.6 Å². The number of carbonyl (C=O) groups excluding carboxylic acids is 1. The summed E-state index contributed by atoms with van der Waals surface area (Å²) in [5.41, 5.74) is 2.32. The predicted molar refractivity (Wildman–Crippen MR) is 86.1 cm³/mol. The number of nitro groups is 1. The van der Waals surface area contributed by atoms with Gasteiger partial charge in [-0.05, 0) is 42.7 Å². The predicted octanol–water partition coefficient (Wildman–Crippen LogP) is 4.19. The summed E-state index contributed by atoms with van der Waals surface area (Å²) in [5, 5.41) is 13.4. The molecule has 0 aliphatic rings. The van der Waals surface area contributed by atoms with Crippen LogP contribution in [0.25, 0.3) is 0 Å². The molecule has 0 fully saturated rings. The second kappa shape index (κ2) is 7.36. The van der Waals surface area contributed by atoms with Gasteiger partial charge in [0, 0.05) is 23.4 Å². The standard InChI is InChI=1S/C17H18N2O3/c1-2-3-4-13-5-9-15(10-6-13)18-17(20)14-7-11-16(12-8-14)19(21)22/h5-12H,2-4H2,1H3,(H,18,20). The first-order valence-electron chi connectivity index (χ1n) is 7.25. The molecule has 0 spiro atoms. The second-order valence-corrected chi connectivity index (χ2v) is 5.06. The van der Waals surface area contributed by atoms with E-state index in [1.54, 1.807) is 0 Å². The van der Waals surface area contributed by atoms with Gasteiger partial charge in [0.15, 0.2) is 0 Å². The molecular formula is C17H18N2O3. The van der Waals surface area contributed by atoms with Gasteiger partial charge < -0.3 is 5.32 Å². The van der Waals surface area contributed by atoms with Gasteiger partial charge in [0.1, 0.15) is 0 Å². The normalized spacial score (nSPS) is 10.2. The topological polar surface area (TPSA) is 72.2 Å². The average Bonchev–Trinajstić information content (AvgIpc) is 2.54. The zero-order valence-electron chi connectivity index (χ0n) is 12.4. The van der Waals surface area contributed by atoms with Crippen molar-refractivity contribution in [3.8, 4) is 0 Å². The first-order valence-corrected chi connectivity index (χ1v) is 7.25. The summed E-state index contributed by atoms with van der Waals surface area (Å²) < 4.78 is 0. The van der Waals surface area contributed by atoms with Crippen LogP contribution in [0.1, 0.15) is 35.7 Å². The molecule has 22 heavy (non-hydrogen) atoms. The van der Waals surface area contributed by atoms with Crippen LogP contribution >= 0.6 is 0 Å². The average molecular weight is 298 g/mol. The van der Waals surface area contributed by atoms with Crippen molar-refractivity contribution in [2.24, 2.45) is 0 Å². The molecule has 0 heterocycles. The van der Waals surface area contributed by atoms with E-state index in [1.165, 1.54) is 29.8 Å². The van der Waals surface area contributed by atoms with E-state index in [0.717, 1.165) is 19.3 Å². The maximum Gasteiger partial charge on any atom is 0.269 e. The van der Waals surface area contributed by atoms with Crippen LogP contribution in [0.3, 0.4) is 0 Å². The molecule has 0 bridgehead atoms. The number of nitrogens with one attached hydrogen (secondary N) is 1. The second-order valence-electron chi connectivity index (χ2n) is 5.06. The van der Waals surface area contributed by atoms with Gasteiger partial charge in [-0.2, -0.15) is 0 Å². The number of nitro benzene ring substituents is 1. The number of non-ortho nitro benzene ring substituents is 1. The van der Waals surface area contributed by atoms with Gasteiger partial charge in [-0.3, -0.25) is 14.9 Å². The minimum Gasteiger partial charge on any atom is -0.322 e. The van der Waals surface area contributed by atoms with Crippen molar-refractivity contribution in [2.75, 3.05) is 5.32 Å². The van der Waals surface area contributed by atoms with Crippen LogP contribution in [0.5, 0.6) is 0 Å². The minimum atomic E-state index is -0.489. The molecule has 0 radical (unpaired) electrons. The van der Waals surface area contributed by atoms with Gasteiger partial charge >= 0.3 is 0 Å². The van der Waals surface area contributed by atoms with Crippen molar-refractivity contribution in [1.82, 2.24) is 0 Å². The smallest absolute Gasteiger partial charge is 0.269 e. The zero-order valence-corrected chi connectivity index (χ0v) is 12.4. The molecule has 5 heteroatoms. The van der Waals surface area contributed by atoms with E-state index < -0.39 is 4.92 Å². The van der Waals surface area contributed by atoms with Crippen molar-refractivity contribution >= 4 is 17.3 Å². The Hall–Kier alpha value is -2.69. The lowest BCUT2D eigenvalue weighted by Crippen LogP contribution is -2.11. The van der Waals surface area contributed by atoms with Crippen LogP contribution in [0.2, 0.25) is 0 Å². The van der Waals surface area contributed by atoms with Gasteiger partial charge in [0.2, 0.25) is 0 Å². The summed E-state index contributed by atoms with van der Waals surface area (Å²) in [7, 11) is 0. The molecule has 2 rings (SSSR count). The molecule has 0 aromatic heterocycles.